The van der Waals surface area contributed by atoms with Gasteiger partial charge in [-0.25, -0.2) is 4.98 Å². The van der Waals surface area contributed by atoms with Crippen molar-refractivity contribution in [3.05, 3.63) is 53.4 Å². The highest BCUT2D eigenvalue weighted by molar-refractivity contribution is 6.30. The van der Waals surface area contributed by atoms with Gasteiger partial charge in [0.1, 0.15) is 17.7 Å². The average molecular weight is 385 g/mol. The number of ether oxygens (including phenoxy) is 1. The maximum atomic E-state index is 6.06. The Morgan fingerprint density at radius 2 is 2.15 bits per heavy atom. The highest BCUT2D eigenvalue weighted by Gasteiger charge is 2.25. The average Bonchev–Trinajstić information content (AvgIpc) is 3.32. The number of pyridine rings is 1. The molecule has 7 heteroatoms. The molecule has 0 bridgehead atoms. The molecule has 2 aromatic heterocycles. The first kappa shape index (κ1) is 17.8. The Morgan fingerprint density at radius 3 is 2.93 bits per heavy atom. The van der Waals surface area contributed by atoms with Gasteiger partial charge in [0.2, 0.25) is 0 Å². The summed E-state index contributed by atoms with van der Waals surface area (Å²) in [6.45, 7) is 5.72. The summed E-state index contributed by atoms with van der Waals surface area (Å²) < 4.78 is 11.5. The zero-order valence-electron chi connectivity index (χ0n) is 15.3. The van der Waals surface area contributed by atoms with Crippen molar-refractivity contribution >= 4 is 17.4 Å². The fourth-order valence-electron chi connectivity index (χ4n) is 3.08. The van der Waals surface area contributed by atoms with Gasteiger partial charge in [0.05, 0.1) is 6.54 Å². The lowest BCUT2D eigenvalue weighted by Crippen LogP contribution is -2.25. The van der Waals surface area contributed by atoms with Crippen molar-refractivity contribution in [3.8, 4) is 17.2 Å². The Bertz CT molecular complexity index is 928. The summed E-state index contributed by atoms with van der Waals surface area (Å²) in [5, 5.41) is 4.71. The fraction of sp³-hybridized carbons (Fsp3) is 0.350. The predicted molar refractivity (Wildman–Crippen MR) is 104 cm³/mol. The minimum Gasteiger partial charge on any atom is -0.488 e. The van der Waals surface area contributed by atoms with Gasteiger partial charge in [0, 0.05) is 35.7 Å². The topological polar surface area (TPSA) is 64.3 Å². The minimum absolute atomic E-state index is 0.102. The quantitative estimate of drug-likeness (QED) is 0.642. The van der Waals surface area contributed by atoms with Gasteiger partial charge in [-0.15, -0.1) is 0 Å². The molecule has 4 rings (SSSR count). The number of rotatable bonds is 5. The van der Waals surface area contributed by atoms with E-state index in [9.17, 15) is 0 Å². The van der Waals surface area contributed by atoms with Crippen LogP contribution in [0.3, 0.4) is 0 Å². The molecule has 1 saturated heterocycles. The Kier molecular flexibility index (Phi) is 4.99. The minimum atomic E-state index is 0.102. The summed E-state index contributed by atoms with van der Waals surface area (Å²) in [5.41, 5.74) is 0.874. The van der Waals surface area contributed by atoms with Gasteiger partial charge in [0.15, 0.2) is 5.82 Å². The van der Waals surface area contributed by atoms with Crippen molar-refractivity contribution in [2.45, 2.75) is 32.3 Å². The van der Waals surface area contributed by atoms with Gasteiger partial charge in [-0.05, 0) is 30.3 Å². The van der Waals surface area contributed by atoms with E-state index in [0.717, 1.165) is 36.6 Å². The van der Waals surface area contributed by atoms with Gasteiger partial charge in [0.25, 0.3) is 5.89 Å². The van der Waals surface area contributed by atoms with Crippen LogP contribution in [0.2, 0.25) is 5.02 Å². The van der Waals surface area contributed by atoms with Crippen LogP contribution < -0.4 is 9.64 Å². The SMILES string of the molecule is CC(C)c1noc(-c2ccnc(N3CCC(Oc4cccc(Cl)c4)C3)c2)n1. The molecule has 1 aromatic carbocycles. The van der Waals surface area contributed by atoms with Gasteiger partial charge >= 0.3 is 0 Å². The van der Waals surface area contributed by atoms with Gasteiger partial charge in [-0.1, -0.05) is 36.7 Å². The summed E-state index contributed by atoms with van der Waals surface area (Å²) >= 11 is 6.03. The molecule has 0 aliphatic carbocycles. The number of benzene rings is 1. The van der Waals surface area contributed by atoms with Crippen LogP contribution in [0.1, 0.15) is 32.0 Å². The second-order valence-corrected chi connectivity index (χ2v) is 7.38. The number of hydrogen-bond donors (Lipinski definition) is 0. The lowest BCUT2D eigenvalue weighted by atomic mass is 10.2. The van der Waals surface area contributed by atoms with Crippen molar-refractivity contribution in [1.29, 1.82) is 0 Å². The molecule has 1 unspecified atom stereocenters. The molecule has 140 valence electrons. The van der Waals surface area contributed by atoms with E-state index in [4.69, 9.17) is 20.9 Å². The van der Waals surface area contributed by atoms with Gasteiger partial charge in [-0.2, -0.15) is 4.98 Å². The molecule has 0 N–H and O–H groups in total. The number of halogens is 1. The highest BCUT2D eigenvalue weighted by atomic mass is 35.5. The third kappa shape index (κ3) is 4.06. The largest absolute Gasteiger partial charge is 0.488 e. The molecular formula is C20H21ClN4O2. The van der Waals surface area contributed by atoms with Gasteiger partial charge < -0.3 is 14.2 Å². The fourth-order valence-corrected chi connectivity index (χ4v) is 3.26. The first-order valence-electron chi connectivity index (χ1n) is 9.05. The third-order valence-electron chi connectivity index (χ3n) is 4.52. The first-order valence-corrected chi connectivity index (χ1v) is 9.43. The molecular weight excluding hydrogens is 364 g/mol. The molecule has 1 atom stereocenters. The van der Waals surface area contributed by atoms with E-state index in [0.29, 0.717) is 16.7 Å². The summed E-state index contributed by atoms with van der Waals surface area (Å²) in [6, 6.07) is 11.4. The van der Waals surface area contributed by atoms with E-state index in [1.54, 1.807) is 6.20 Å². The Hall–Kier alpha value is -2.60. The standard InChI is InChI=1S/C20H21ClN4O2/c1-13(2)19-23-20(27-24-19)14-6-8-22-18(10-14)25-9-7-17(12-25)26-16-5-3-4-15(21)11-16/h3-6,8,10-11,13,17H,7,9,12H2,1-2H3. The summed E-state index contributed by atoms with van der Waals surface area (Å²) in [5.74, 6) is 3.14. The van der Waals surface area contributed by atoms with Crippen LogP contribution in [-0.2, 0) is 0 Å². The lowest BCUT2D eigenvalue weighted by molar-refractivity contribution is 0.225. The molecule has 1 aliphatic rings. The summed E-state index contributed by atoms with van der Waals surface area (Å²) in [4.78, 5) is 11.2. The van der Waals surface area contributed by atoms with Crippen LogP contribution >= 0.6 is 11.6 Å². The van der Waals surface area contributed by atoms with Crippen LogP contribution in [0.15, 0.2) is 47.1 Å². The van der Waals surface area contributed by atoms with Crippen LogP contribution in [-0.4, -0.2) is 34.3 Å². The van der Waals surface area contributed by atoms with Crippen molar-refractivity contribution in [2.75, 3.05) is 18.0 Å². The zero-order chi connectivity index (χ0) is 18.8. The second kappa shape index (κ2) is 7.56. The lowest BCUT2D eigenvalue weighted by Gasteiger charge is -2.18. The monoisotopic (exact) mass is 384 g/mol. The van der Waals surface area contributed by atoms with Gasteiger partial charge in [-0.3, -0.25) is 0 Å². The van der Waals surface area contributed by atoms with Crippen molar-refractivity contribution in [1.82, 2.24) is 15.1 Å². The van der Waals surface area contributed by atoms with Crippen molar-refractivity contribution in [2.24, 2.45) is 0 Å². The smallest absolute Gasteiger partial charge is 0.258 e. The van der Waals surface area contributed by atoms with E-state index in [1.165, 1.54) is 0 Å². The normalized spacial score (nSPS) is 16.9. The van der Waals surface area contributed by atoms with E-state index >= 15 is 0 Å². The van der Waals surface area contributed by atoms with Crippen LogP contribution in [0.4, 0.5) is 5.82 Å². The molecule has 0 saturated carbocycles. The molecule has 0 amide bonds. The summed E-state index contributed by atoms with van der Waals surface area (Å²) in [7, 11) is 0. The molecule has 1 fully saturated rings. The molecule has 6 nitrogen and oxygen atoms in total. The molecule has 3 heterocycles. The molecule has 0 spiro atoms. The van der Waals surface area contributed by atoms with E-state index in [1.807, 2.05) is 50.2 Å². The second-order valence-electron chi connectivity index (χ2n) is 6.95. The molecule has 3 aromatic rings. The van der Waals surface area contributed by atoms with Crippen LogP contribution in [0.5, 0.6) is 5.75 Å². The van der Waals surface area contributed by atoms with Crippen molar-refractivity contribution in [3.63, 3.8) is 0 Å². The van der Waals surface area contributed by atoms with E-state index in [-0.39, 0.29) is 12.0 Å². The number of nitrogens with zero attached hydrogens (tertiary/aromatic N) is 4. The van der Waals surface area contributed by atoms with Crippen molar-refractivity contribution < 1.29 is 9.26 Å². The van der Waals surface area contributed by atoms with E-state index in [2.05, 4.69) is 20.0 Å². The van der Waals surface area contributed by atoms with E-state index < -0.39 is 0 Å². The summed E-state index contributed by atoms with van der Waals surface area (Å²) in [6.07, 6.45) is 2.80. The molecule has 27 heavy (non-hydrogen) atoms. The van der Waals surface area contributed by atoms with Crippen LogP contribution in [0, 0.1) is 0 Å². The molecule has 0 radical (unpaired) electrons. The Labute approximate surface area is 163 Å². The number of aromatic nitrogens is 3. The predicted octanol–water partition coefficient (Wildman–Crippen LogP) is 4.57. The zero-order valence-corrected chi connectivity index (χ0v) is 16.1. The van der Waals surface area contributed by atoms with Crippen LogP contribution in [0.25, 0.3) is 11.5 Å². The number of hydrogen-bond acceptors (Lipinski definition) is 6. The highest BCUT2D eigenvalue weighted by Crippen LogP contribution is 2.27. The maximum Gasteiger partial charge on any atom is 0.258 e. The third-order valence-corrected chi connectivity index (χ3v) is 4.75. The Balaban J connectivity index is 1.46. The molecule has 1 aliphatic heterocycles. The maximum absolute atomic E-state index is 6.06. The number of anilines is 1. The Morgan fingerprint density at radius 1 is 1.26 bits per heavy atom. The first-order chi connectivity index (χ1) is 13.1.